The maximum Gasteiger partial charge on any atom is 0.133 e. The number of thioether (sulfide) groups is 1. The average Bonchev–Trinajstić information content (AvgIpc) is 2.14. The Kier molecular flexibility index (Phi) is 1.73. The van der Waals surface area contributed by atoms with E-state index in [1.54, 1.807) is 11.8 Å². The van der Waals surface area contributed by atoms with Crippen molar-refractivity contribution in [3.8, 4) is 0 Å². The number of hydrogen-bond acceptors (Lipinski definition) is 2. The first-order valence-electron chi connectivity index (χ1n) is 2.61. The fraction of sp³-hybridized carbons (Fsp3) is 0.500. The number of carbonyl (C=O) groups excluding carboxylic acids is 1. The molecule has 0 aliphatic carbocycles. The van der Waals surface area contributed by atoms with E-state index >= 15 is 0 Å². The van der Waals surface area contributed by atoms with Gasteiger partial charge in [0.25, 0.3) is 0 Å². The van der Waals surface area contributed by atoms with Crippen molar-refractivity contribution in [1.82, 2.24) is 0 Å². The molecule has 0 aromatic carbocycles. The van der Waals surface area contributed by atoms with Gasteiger partial charge in [0.1, 0.15) is 6.29 Å². The third kappa shape index (κ3) is 1.13. The van der Waals surface area contributed by atoms with Gasteiger partial charge >= 0.3 is 0 Å². The Morgan fingerprint density at radius 2 is 2.75 bits per heavy atom. The van der Waals surface area contributed by atoms with Crippen LogP contribution in [0, 0.1) is 0 Å². The van der Waals surface area contributed by atoms with Crippen LogP contribution in [0.5, 0.6) is 0 Å². The third-order valence-electron chi connectivity index (χ3n) is 1.13. The maximum absolute atomic E-state index is 10.1. The molecule has 1 atom stereocenters. The zero-order chi connectivity index (χ0) is 5.98. The van der Waals surface area contributed by atoms with Crippen LogP contribution in [0.4, 0.5) is 0 Å². The van der Waals surface area contributed by atoms with Crippen molar-refractivity contribution in [2.24, 2.45) is 0 Å². The molecule has 1 nitrogen and oxygen atoms in total. The summed E-state index contributed by atoms with van der Waals surface area (Å²) in [5, 5.41) is 0.218. The highest BCUT2D eigenvalue weighted by Gasteiger charge is 2.12. The fourth-order valence-electron chi connectivity index (χ4n) is 0.700. The van der Waals surface area contributed by atoms with Crippen molar-refractivity contribution < 1.29 is 4.79 Å². The molecule has 0 aromatic heterocycles. The summed E-state index contributed by atoms with van der Waals surface area (Å²) in [7, 11) is 0. The Morgan fingerprint density at radius 1 is 2.00 bits per heavy atom. The lowest BCUT2D eigenvalue weighted by Crippen LogP contribution is -1.95. The summed E-state index contributed by atoms with van der Waals surface area (Å²) < 4.78 is 0. The quantitative estimate of drug-likeness (QED) is 0.499. The lowest BCUT2D eigenvalue weighted by atomic mass is 10.3. The second-order valence-electron chi connectivity index (χ2n) is 1.84. The van der Waals surface area contributed by atoms with Crippen LogP contribution >= 0.6 is 11.8 Å². The zero-order valence-corrected chi connectivity index (χ0v) is 5.57. The Bertz CT molecular complexity index is 128. The summed E-state index contributed by atoms with van der Waals surface area (Å²) in [6, 6.07) is 0. The van der Waals surface area contributed by atoms with Crippen molar-refractivity contribution in [3.63, 3.8) is 0 Å². The first kappa shape index (κ1) is 5.89. The average molecular weight is 128 g/mol. The van der Waals surface area contributed by atoms with E-state index in [2.05, 4.69) is 6.08 Å². The second kappa shape index (κ2) is 2.35. The summed E-state index contributed by atoms with van der Waals surface area (Å²) in [4.78, 5) is 11.4. The molecule has 1 rings (SSSR count). The van der Waals surface area contributed by atoms with E-state index in [4.69, 9.17) is 0 Å². The predicted octanol–water partition coefficient (Wildman–Crippen LogP) is 1.59. The Morgan fingerprint density at radius 3 is 3.00 bits per heavy atom. The monoisotopic (exact) mass is 128 g/mol. The van der Waals surface area contributed by atoms with Crippen LogP contribution < -0.4 is 0 Å². The topological polar surface area (TPSA) is 17.1 Å². The van der Waals surface area contributed by atoms with Crippen LogP contribution in [-0.4, -0.2) is 11.5 Å². The van der Waals surface area contributed by atoms with Crippen molar-refractivity contribution >= 4 is 18.0 Å². The van der Waals surface area contributed by atoms with E-state index < -0.39 is 0 Å². The SMILES string of the molecule is CC1=CCC(C=O)S1. The van der Waals surface area contributed by atoms with E-state index in [0.717, 1.165) is 12.7 Å². The maximum atomic E-state index is 10.1. The van der Waals surface area contributed by atoms with Gasteiger partial charge in [-0.15, -0.1) is 11.8 Å². The minimum absolute atomic E-state index is 0.218. The minimum atomic E-state index is 0.218. The van der Waals surface area contributed by atoms with Gasteiger partial charge in [-0.1, -0.05) is 6.08 Å². The lowest BCUT2D eigenvalue weighted by Gasteiger charge is -1.94. The summed E-state index contributed by atoms with van der Waals surface area (Å²) >= 11 is 1.66. The van der Waals surface area contributed by atoms with Gasteiger partial charge in [-0.2, -0.15) is 0 Å². The van der Waals surface area contributed by atoms with Gasteiger partial charge in [-0.3, -0.25) is 0 Å². The molecular weight excluding hydrogens is 120 g/mol. The number of allylic oxidation sites excluding steroid dienone is 2. The highest BCUT2D eigenvalue weighted by Crippen LogP contribution is 2.29. The van der Waals surface area contributed by atoms with Crippen molar-refractivity contribution in [1.29, 1.82) is 0 Å². The largest absolute Gasteiger partial charge is 0.302 e. The van der Waals surface area contributed by atoms with Crippen LogP contribution in [0.1, 0.15) is 13.3 Å². The van der Waals surface area contributed by atoms with Gasteiger partial charge in [0.05, 0.1) is 5.25 Å². The Hall–Kier alpha value is -0.240. The van der Waals surface area contributed by atoms with Crippen LogP contribution in [0.15, 0.2) is 11.0 Å². The van der Waals surface area contributed by atoms with Gasteiger partial charge in [-0.25, -0.2) is 0 Å². The van der Waals surface area contributed by atoms with Crippen LogP contribution in [-0.2, 0) is 4.79 Å². The summed E-state index contributed by atoms with van der Waals surface area (Å²) in [6.45, 7) is 2.04. The molecule has 1 aliphatic heterocycles. The molecule has 44 valence electrons. The summed E-state index contributed by atoms with van der Waals surface area (Å²) in [6.07, 6.45) is 4.04. The molecule has 1 heterocycles. The molecule has 8 heavy (non-hydrogen) atoms. The van der Waals surface area contributed by atoms with E-state index in [1.807, 2.05) is 6.92 Å². The van der Waals surface area contributed by atoms with Crippen molar-refractivity contribution in [2.75, 3.05) is 0 Å². The molecule has 1 aliphatic rings. The molecular formula is C6H8OS. The normalized spacial score (nSPS) is 27.6. The minimum Gasteiger partial charge on any atom is -0.302 e. The van der Waals surface area contributed by atoms with Gasteiger partial charge in [0.2, 0.25) is 0 Å². The smallest absolute Gasteiger partial charge is 0.133 e. The molecule has 0 aromatic rings. The van der Waals surface area contributed by atoms with E-state index in [9.17, 15) is 4.79 Å². The second-order valence-corrected chi connectivity index (χ2v) is 3.33. The number of aldehydes is 1. The first-order valence-corrected chi connectivity index (χ1v) is 3.49. The molecule has 0 N–H and O–H groups in total. The predicted molar refractivity (Wildman–Crippen MR) is 35.8 cm³/mol. The molecule has 0 fully saturated rings. The van der Waals surface area contributed by atoms with E-state index in [1.165, 1.54) is 4.91 Å². The molecule has 0 amide bonds. The molecule has 2 heteroatoms. The van der Waals surface area contributed by atoms with Crippen molar-refractivity contribution in [2.45, 2.75) is 18.6 Å². The highest BCUT2D eigenvalue weighted by molar-refractivity contribution is 8.04. The van der Waals surface area contributed by atoms with Crippen molar-refractivity contribution in [3.05, 3.63) is 11.0 Å². The van der Waals surface area contributed by atoms with Crippen LogP contribution in [0.3, 0.4) is 0 Å². The Balaban J connectivity index is 2.43. The van der Waals surface area contributed by atoms with Gasteiger partial charge < -0.3 is 4.79 Å². The molecule has 0 radical (unpaired) electrons. The summed E-state index contributed by atoms with van der Waals surface area (Å²) in [5.41, 5.74) is 0. The van der Waals surface area contributed by atoms with E-state index in [0.29, 0.717) is 0 Å². The molecule has 0 bridgehead atoms. The van der Waals surface area contributed by atoms with Crippen LogP contribution in [0.25, 0.3) is 0 Å². The number of carbonyl (C=O) groups is 1. The number of hydrogen-bond donors (Lipinski definition) is 0. The molecule has 0 saturated carbocycles. The fourth-order valence-corrected chi connectivity index (χ4v) is 1.62. The highest BCUT2D eigenvalue weighted by atomic mass is 32.2. The Labute approximate surface area is 53.2 Å². The number of rotatable bonds is 1. The van der Waals surface area contributed by atoms with E-state index in [-0.39, 0.29) is 5.25 Å². The third-order valence-corrected chi connectivity index (χ3v) is 2.27. The van der Waals surface area contributed by atoms with Gasteiger partial charge in [-0.05, 0) is 18.2 Å². The zero-order valence-electron chi connectivity index (χ0n) is 4.76. The molecule has 1 unspecified atom stereocenters. The molecule has 0 spiro atoms. The summed E-state index contributed by atoms with van der Waals surface area (Å²) in [5.74, 6) is 0. The van der Waals surface area contributed by atoms with Crippen LogP contribution in [0.2, 0.25) is 0 Å². The first-order chi connectivity index (χ1) is 3.83. The van der Waals surface area contributed by atoms with Gasteiger partial charge in [0.15, 0.2) is 0 Å². The van der Waals surface area contributed by atoms with Gasteiger partial charge in [0, 0.05) is 0 Å². The standard InChI is InChI=1S/C6H8OS/c1-5-2-3-6(4-7)8-5/h2,4,6H,3H2,1H3. The molecule has 0 saturated heterocycles. The lowest BCUT2D eigenvalue weighted by molar-refractivity contribution is -0.107.